The molecule has 21 heavy (non-hydrogen) atoms. The molecule has 1 aromatic carbocycles. The van der Waals surface area contributed by atoms with Crippen LogP contribution in [0.2, 0.25) is 5.02 Å². The molecule has 0 unspecified atom stereocenters. The van der Waals surface area contributed by atoms with Gasteiger partial charge in [0.05, 0.1) is 12.1 Å². The Morgan fingerprint density at radius 3 is 2.90 bits per heavy atom. The maximum Gasteiger partial charge on any atom is 0.153 e. The summed E-state index contributed by atoms with van der Waals surface area (Å²) in [4.78, 5) is 11.3. The molecule has 3 aromatic rings. The lowest BCUT2D eigenvalue weighted by molar-refractivity contribution is 0.112. The van der Waals surface area contributed by atoms with Gasteiger partial charge in [0.25, 0.3) is 0 Å². The Morgan fingerprint density at radius 1 is 1.38 bits per heavy atom. The maximum absolute atomic E-state index is 11.3. The zero-order chi connectivity index (χ0) is 14.8. The highest BCUT2D eigenvalue weighted by molar-refractivity contribution is 9.10. The van der Waals surface area contributed by atoms with Crippen molar-refractivity contribution >= 4 is 45.2 Å². The molecule has 2 heterocycles. The van der Waals surface area contributed by atoms with Gasteiger partial charge in [0.15, 0.2) is 6.29 Å². The Balaban J connectivity index is 1.96. The van der Waals surface area contributed by atoms with Crippen LogP contribution in [-0.2, 0) is 6.54 Å². The second kappa shape index (κ2) is 6.13. The Labute approximate surface area is 139 Å². The van der Waals surface area contributed by atoms with Crippen LogP contribution in [0.3, 0.4) is 0 Å². The first-order chi connectivity index (χ1) is 10.2. The number of hydrogen-bond acceptors (Lipinski definition) is 3. The van der Waals surface area contributed by atoms with Crippen molar-refractivity contribution in [1.29, 1.82) is 0 Å². The van der Waals surface area contributed by atoms with Crippen LogP contribution >= 0.6 is 38.9 Å². The van der Waals surface area contributed by atoms with Crippen molar-refractivity contribution in [2.24, 2.45) is 0 Å². The number of hydrogen-bond donors (Lipinski definition) is 0. The summed E-state index contributed by atoms with van der Waals surface area (Å²) >= 11 is 11.0. The average Bonchev–Trinajstić information content (AvgIpc) is 3.04. The number of nitrogens with zero attached hydrogens (tertiary/aromatic N) is 2. The molecule has 0 radical (unpaired) electrons. The molecule has 0 fully saturated rings. The van der Waals surface area contributed by atoms with Crippen molar-refractivity contribution in [2.45, 2.75) is 6.54 Å². The van der Waals surface area contributed by atoms with Crippen molar-refractivity contribution in [2.75, 3.05) is 0 Å². The summed E-state index contributed by atoms with van der Waals surface area (Å²) in [5.41, 5.74) is 3.25. The summed E-state index contributed by atoms with van der Waals surface area (Å²) in [6.07, 6.45) is 2.59. The lowest BCUT2D eigenvalue weighted by Crippen LogP contribution is -2.00. The third-order valence-corrected chi connectivity index (χ3v) is 4.96. The molecule has 0 bridgehead atoms. The third-order valence-electron chi connectivity index (χ3n) is 3.02. The first kappa shape index (κ1) is 14.5. The van der Waals surface area contributed by atoms with E-state index in [1.54, 1.807) is 22.2 Å². The molecule has 0 spiro atoms. The van der Waals surface area contributed by atoms with Crippen molar-refractivity contribution in [3.63, 3.8) is 0 Å². The Kier molecular flexibility index (Phi) is 4.24. The van der Waals surface area contributed by atoms with E-state index in [0.29, 0.717) is 22.8 Å². The van der Waals surface area contributed by atoms with Gasteiger partial charge >= 0.3 is 0 Å². The van der Waals surface area contributed by atoms with Gasteiger partial charge in [-0.2, -0.15) is 16.4 Å². The summed E-state index contributed by atoms with van der Waals surface area (Å²) in [7, 11) is 0. The van der Waals surface area contributed by atoms with Gasteiger partial charge in [-0.05, 0) is 33.6 Å². The molecule has 2 aromatic heterocycles. The fourth-order valence-electron chi connectivity index (χ4n) is 2.09. The van der Waals surface area contributed by atoms with Crippen molar-refractivity contribution in [3.05, 3.63) is 61.8 Å². The van der Waals surface area contributed by atoms with Crippen LogP contribution in [0.5, 0.6) is 0 Å². The molecule has 0 aliphatic heterocycles. The first-order valence-corrected chi connectivity index (χ1v) is 8.28. The van der Waals surface area contributed by atoms with E-state index in [9.17, 15) is 4.79 Å². The molecule has 0 aliphatic carbocycles. The van der Waals surface area contributed by atoms with Gasteiger partial charge in [-0.3, -0.25) is 9.48 Å². The van der Waals surface area contributed by atoms with Crippen LogP contribution in [0.25, 0.3) is 11.3 Å². The predicted octanol–water partition coefficient (Wildman–Crippen LogP) is 4.89. The molecular formula is C15H10BrClN2OS. The van der Waals surface area contributed by atoms with Gasteiger partial charge in [-0.15, -0.1) is 0 Å². The molecule has 3 rings (SSSR count). The number of carbonyl (C=O) groups is 1. The van der Waals surface area contributed by atoms with Crippen molar-refractivity contribution < 1.29 is 4.79 Å². The number of rotatable bonds is 4. The predicted molar refractivity (Wildman–Crippen MR) is 89.2 cm³/mol. The molecule has 0 saturated heterocycles. The van der Waals surface area contributed by atoms with Crippen LogP contribution < -0.4 is 0 Å². The standard InChI is InChI=1S/C15H10BrClN2OS/c16-14-9-21-8-13(14)15-11(7-20)6-19(18-15)5-10-2-1-3-12(17)4-10/h1-4,6-9H,5H2. The summed E-state index contributed by atoms with van der Waals surface area (Å²) < 4.78 is 2.71. The zero-order valence-electron chi connectivity index (χ0n) is 10.8. The molecule has 0 saturated carbocycles. The molecule has 6 heteroatoms. The molecule has 106 valence electrons. The summed E-state index contributed by atoms with van der Waals surface area (Å²) in [5, 5.41) is 9.17. The average molecular weight is 382 g/mol. The Bertz CT molecular complexity index is 797. The number of aldehydes is 1. The highest BCUT2D eigenvalue weighted by atomic mass is 79.9. The molecule has 0 aliphatic rings. The fourth-order valence-corrected chi connectivity index (χ4v) is 3.77. The number of thiophene rings is 1. The summed E-state index contributed by atoms with van der Waals surface area (Å²) in [5.74, 6) is 0. The van der Waals surface area contributed by atoms with E-state index < -0.39 is 0 Å². The van der Waals surface area contributed by atoms with E-state index in [-0.39, 0.29) is 0 Å². The van der Waals surface area contributed by atoms with Gasteiger partial charge in [0.2, 0.25) is 0 Å². The van der Waals surface area contributed by atoms with E-state index in [1.165, 1.54) is 0 Å². The minimum atomic E-state index is 0.573. The van der Waals surface area contributed by atoms with E-state index in [0.717, 1.165) is 21.9 Å². The Morgan fingerprint density at radius 2 is 2.24 bits per heavy atom. The number of aromatic nitrogens is 2. The van der Waals surface area contributed by atoms with Gasteiger partial charge < -0.3 is 0 Å². The summed E-state index contributed by atoms with van der Waals surface area (Å²) in [6.45, 7) is 0.573. The Hall–Kier alpha value is -1.43. The van der Waals surface area contributed by atoms with Crippen LogP contribution in [-0.4, -0.2) is 16.1 Å². The zero-order valence-corrected chi connectivity index (χ0v) is 14.0. The quantitative estimate of drug-likeness (QED) is 0.603. The smallest absolute Gasteiger partial charge is 0.153 e. The molecule has 0 N–H and O–H groups in total. The largest absolute Gasteiger partial charge is 0.298 e. The van der Waals surface area contributed by atoms with Gasteiger partial charge in [-0.1, -0.05) is 23.7 Å². The number of benzene rings is 1. The highest BCUT2D eigenvalue weighted by Gasteiger charge is 2.14. The van der Waals surface area contributed by atoms with Crippen LogP contribution in [0.15, 0.2) is 45.7 Å². The van der Waals surface area contributed by atoms with Gasteiger partial charge in [0, 0.05) is 32.0 Å². The van der Waals surface area contributed by atoms with Gasteiger partial charge in [0.1, 0.15) is 5.69 Å². The van der Waals surface area contributed by atoms with Crippen molar-refractivity contribution in [1.82, 2.24) is 9.78 Å². The second-order valence-corrected chi connectivity index (χ2v) is 6.55. The molecular weight excluding hydrogens is 372 g/mol. The summed E-state index contributed by atoms with van der Waals surface area (Å²) in [6, 6.07) is 7.61. The maximum atomic E-state index is 11.3. The third kappa shape index (κ3) is 3.10. The lowest BCUT2D eigenvalue weighted by atomic mass is 10.2. The first-order valence-electron chi connectivity index (χ1n) is 6.16. The number of halogens is 2. The second-order valence-electron chi connectivity index (χ2n) is 4.51. The SMILES string of the molecule is O=Cc1cn(Cc2cccc(Cl)c2)nc1-c1cscc1Br. The monoisotopic (exact) mass is 380 g/mol. The fraction of sp³-hybridized carbons (Fsp3) is 0.0667. The normalized spacial score (nSPS) is 10.8. The topological polar surface area (TPSA) is 34.9 Å². The van der Waals surface area contributed by atoms with Crippen molar-refractivity contribution in [3.8, 4) is 11.3 Å². The molecule has 0 atom stereocenters. The highest BCUT2D eigenvalue weighted by Crippen LogP contribution is 2.32. The molecule has 3 nitrogen and oxygen atoms in total. The van der Waals surface area contributed by atoms with E-state index in [2.05, 4.69) is 21.0 Å². The van der Waals surface area contributed by atoms with E-state index >= 15 is 0 Å². The van der Waals surface area contributed by atoms with Crippen LogP contribution in [0.4, 0.5) is 0 Å². The van der Waals surface area contributed by atoms with Gasteiger partial charge in [-0.25, -0.2) is 0 Å². The van der Waals surface area contributed by atoms with Crippen LogP contribution in [0, 0.1) is 0 Å². The number of carbonyl (C=O) groups excluding carboxylic acids is 1. The van der Waals surface area contributed by atoms with E-state index in [1.807, 2.05) is 35.0 Å². The van der Waals surface area contributed by atoms with Crippen LogP contribution in [0.1, 0.15) is 15.9 Å². The molecule has 0 amide bonds. The van der Waals surface area contributed by atoms with E-state index in [4.69, 9.17) is 11.6 Å². The minimum Gasteiger partial charge on any atom is -0.298 e. The minimum absolute atomic E-state index is 0.573. The lowest BCUT2D eigenvalue weighted by Gasteiger charge is -2.02.